The molecule has 0 bridgehead atoms. The number of ether oxygens (including phenoxy) is 2. The fourth-order valence-electron chi connectivity index (χ4n) is 7.84. The highest BCUT2D eigenvalue weighted by molar-refractivity contribution is 7.47. The molecule has 0 radical (unpaired) electrons. The highest BCUT2D eigenvalue weighted by Crippen LogP contribution is 2.47. The molecule has 0 aromatic heterocycles. The molecule has 0 aliphatic heterocycles. The third kappa shape index (κ3) is 36.0. The van der Waals surface area contributed by atoms with Crippen molar-refractivity contribution < 1.29 is 63.1 Å². The third-order valence-electron chi connectivity index (χ3n) is 12.1. The Morgan fingerprint density at radius 1 is 0.464 bits per heavy atom. The van der Waals surface area contributed by atoms with E-state index in [4.69, 9.17) is 18.5 Å². The number of hydrogen-bond acceptors (Lipinski definition) is 12. The molecule has 6 atom stereocenters. The van der Waals surface area contributed by atoms with Crippen LogP contribution in [0.5, 0.6) is 0 Å². The molecule has 0 saturated heterocycles. The van der Waals surface area contributed by atoms with Crippen molar-refractivity contribution in [3.05, 3.63) is 72.9 Å². The van der Waals surface area contributed by atoms with Gasteiger partial charge in [0.05, 0.1) is 6.61 Å². The standard InChI is InChI=1S/C55H95O13P/c1-3-5-7-9-11-13-15-17-19-21-23-24-26-27-29-31-33-35-37-39-41-43-48(56)65-45-47(46-66-69(63,64)68-55-53(61)51(59)50(58)52(60)54(55)62)67-49(57)44-42-40-38-36-34-32-30-28-25-22-20-18-16-14-12-10-8-6-4-2/h6,8,12,14,18,20,25,28,32,34,38,40,47,50-55,58-62H,3-5,7,9-11,13,15-17,19,21-24,26-27,29-31,33,35-37,39,41-46H2,1-2H3,(H,63,64)/b8-6-,14-12-,20-18-,28-25-,34-32-,40-38-. The van der Waals surface area contributed by atoms with Crippen LogP contribution in [0.2, 0.25) is 0 Å². The van der Waals surface area contributed by atoms with Gasteiger partial charge in [0, 0.05) is 12.8 Å². The predicted octanol–water partition coefficient (Wildman–Crippen LogP) is 11.8. The van der Waals surface area contributed by atoms with Crippen molar-refractivity contribution in [2.75, 3.05) is 13.2 Å². The Morgan fingerprint density at radius 3 is 1.23 bits per heavy atom. The molecule has 1 aliphatic rings. The minimum Gasteiger partial charge on any atom is -0.462 e. The Bertz CT molecular complexity index is 1480. The van der Waals surface area contributed by atoms with E-state index >= 15 is 0 Å². The van der Waals surface area contributed by atoms with E-state index in [-0.39, 0.29) is 12.8 Å². The molecule has 0 aromatic carbocycles. The lowest BCUT2D eigenvalue weighted by atomic mass is 9.85. The second-order valence-corrected chi connectivity index (χ2v) is 19.8. The van der Waals surface area contributed by atoms with Crippen LogP contribution in [0.1, 0.15) is 206 Å². The normalized spacial score (nSPS) is 21.4. The molecule has 0 spiro atoms. The van der Waals surface area contributed by atoms with E-state index in [1.54, 1.807) is 0 Å². The van der Waals surface area contributed by atoms with Gasteiger partial charge in [-0.3, -0.25) is 18.6 Å². The van der Waals surface area contributed by atoms with Gasteiger partial charge < -0.3 is 39.9 Å². The Hall–Kier alpha value is -2.71. The maximum atomic E-state index is 12.9. The first-order chi connectivity index (χ1) is 33.4. The van der Waals surface area contributed by atoms with Crippen molar-refractivity contribution in [3.8, 4) is 0 Å². The number of rotatable bonds is 44. The lowest BCUT2D eigenvalue weighted by Gasteiger charge is -2.41. The van der Waals surface area contributed by atoms with Crippen LogP contribution in [0, 0.1) is 0 Å². The SMILES string of the molecule is CC/C=C\C/C=C\C/C=C\C/C=C\C/C=C\C/C=C\CCC(=O)OC(COC(=O)CCCCCCCCCCCCCCCCCCCCCCC)COP(=O)(O)OC1C(O)C(O)C(O)C(O)C1O. The molecule has 0 amide bonds. The van der Waals surface area contributed by atoms with Gasteiger partial charge in [-0.15, -0.1) is 0 Å². The molecule has 398 valence electrons. The Morgan fingerprint density at radius 2 is 0.826 bits per heavy atom. The van der Waals surface area contributed by atoms with Crippen molar-refractivity contribution in [3.63, 3.8) is 0 Å². The summed E-state index contributed by atoms with van der Waals surface area (Å²) >= 11 is 0. The molecule has 69 heavy (non-hydrogen) atoms. The van der Waals surface area contributed by atoms with Crippen molar-refractivity contribution in [2.45, 2.75) is 249 Å². The van der Waals surface area contributed by atoms with E-state index in [2.05, 4.69) is 68.5 Å². The zero-order chi connectivity index (χ0) is 50.6. The molecule has 6 unspecified atom stereocenters. The molecule has 14 heteroatoms. The van der Waals surface area contributed by atoms with Gasteiger partial charge in [0.1, 0.15) is 43.2 Å². The van der Waals surface area contributed by atoms with Gasteiger partial charge in [0.15, 0.2) is 6.10 Å². The summed E-state index contributed by atoms with van der Waals surface area (Å²) in [5, 5.41) is 50.3. The first-order valence-corrected chi connectivity index (χ1v) is 28.2. The number of unbranched alkanes of at least 4 members (excludes halogenated alkanes) is 20. The van der Waals surface area contributed by atoms with E-state index in [9.17, 15) is 44.6 Å². The molecule has 6 N–H and O–H groups in total. The van der Waals surface area contributed by atoms with Crippen molar-refractivity contribution >= 4 is 19.8 Å². The summed E-state index contributed by atoms with van der Waals surface area (Å²) in [7, 11) is -5.15. The van der Waals surface area contributed by atoms with E-state index in [1.807, 2.05) is 18.2 Å². The molecule has 1 saturated carbocycles. The van der Waals surface area contributed by atoms with Crippen LogP contribution in [0.15, 0.2) is 72.9 Å². The van der Waals surface area contributed by atoms with Crippen LogP contribution in [0.3, 0.4) is 0 Å². The number of hydrogen-bond donors (Lipinski definition) is 6. The summed E-state index contributed by atoms with van der Waals surface area (Å²) < 4.78 is 33.6. The van der Waals surface area contributed by atoms with E-state index < -0.39 is 75.7 Å². The third-order valence-corrected chi connectivity index (χ3v) is 13.1. The highest BCUT2D eigenvalue weighted by Gasteiger charge is 2.51. The molecule has 1 rings (SSSR count). The zero-order valence-corrected chi connectivity index (χ0v) is 43.5. The zero-order valence-electron chi connectivity index (χ0n) is 42.6. The van der Waals surface area contributed by atoms with Gasteiger partial charge in [-0.25, -0.2) is 4.57 Å². The molecular weight excluding hydrogens is 900 g/mol. The van der Waals surface area contributed by atoms with Crippen LogP contribution in [0.25, 0.3) is 0 Å². The lowest BCUT2D eigenvalue weighted by Crippen LogP contribution is -2.64. The fourth-order valence-corrected chi connectivity index (χ4v) is 8.82. The predicted molar refractivity (Wildman–Crippen MR) is 276 cm³/mol. The number of phosphoric acid groups is 1. The van der Waals surface area contributed by atoms with Gasteiger partial charge in [-0.1, -0.05) is 215 Å². The molecule has 1 aliphatic carbocycles. The Balaban J connectivity index is 2.42. The summed E-state index contributed by atoms with van der Waals surface area (Å²) in [6, 6.07) is 0. The van der Waals surface area contributed by atoms with Crippen molar-refractivity contribution in [1.82, 2.24) is 0 Å². The number of allylic oxidation sites excluding steroid dienone is 12. The summed E-state index contributed by atoms with van der Waals surface area (Å²) in [4.78, 5) is 35.8. The molecule has 1 fully saturated rings. The van der Waals surface area contributed by atoms with Gasteiger partial charge in [-0.2, -0.15) is 0 Å². The fraction of sp³-hybridized carbons (Fsp3) is 0.745. The lowest BCUT2D eigenvalue weighted by molar-refractivity contribution is -0.220. The average molecular weight is 995 g/mol. The number of carbonyl (C=O) groups is 2. The Kier molecular flexibility index (Phi) is 41.0. The molecule has 0 heterocycles. The molecule has 0 aromatic rings. The Labute approximate surface area is 416 Å². The van der Waals surface area contributed by atoms with E-state index in [1.165, 1.54) is 109 Å². The second-order valence-electron chi connectivity index (χ2n) is 18.4. The van der Waals surface area contributed by atoms with Crippen LogP contribution in [-0.4, -0.2) is 98.3 Å². The monoisotopic (exact) mass is 995 g/mol. The van der Waals surface area contributed by atoms with Crippen molar-refractivity contribution in [1.29, 1.82) is 0 Å². The van der Waals surface area contributed by atoms with Crippen LogP contribution in [0.4, 0.5) is 0 Å². The number of aliphatic hydroxyl groups excluding tert-OH is 5. The quantitative estimate of drug-likeness (QED) is 0.0145. The van der Waals surface area contributed by atoms with Crippen molar-refractivity contribution in [2.24, 2.45) is 0 Å². The summed E-state index contributed by atoms with van der Waals surface area (Å²) in [5.74, 6) is -1.19. The maximum absolute atomic E-state index is 12.9. The topological polar surface area (TPSA) is 210 Å². The smallest absolute Gasteiger partial charge is 0.462 e. The average Bonchev–Trinajstić information content (AvgIpc) is 3.33. The van der Waals surface area contributed by atoms with Gasteiger partial charge >= 0.3 is 19.8 Å². The summed E-state index contributed by atoms with van der Waals surface area (Å²) in [6.45, 7) is 3.16. The molecular formula is C55H95O13P. The maximum Gasteiger partial charge on any atom is 0.472 e. The summed E-state index contributed by atoms with van der Waals surface area (Å²) in [5.41, 5.74) is 0. The minimum absolute atomic E-state index is 0.0299. The van der Waals surface area contributed by atoms with Gasteiger partial charge in [0.2, 0.25) is 0 Å². The first kappa shape index (κ1) is 64.3. The highest BCUT2D eigenvalue weighted by atomic mass is 31.2. The van der Waals surface area contributed by atoms with Crippen LogP contribution >= 0.6 is 7.82 Å². The minimum atomic E-state index is -5.15. The van der Waals surface area contributed by atoms with Crippen LogP contribution < -0.4 is 0 Å². The van der Waals surface area contributed by atoms with E-state index in [0.717, 1.165) is 51.4 Å². The van der Waals surface area contributed by atoms with Gasteiger partial charge in [-0.05, 0) is 51.4 Å². The number of carbonyl (C=O) groups excluding carboxylic acids is 2. The van der Waals surface area contributed by atoms with Gasteiger partial charge in [0.25, 0.3) is 0 Å². The first-order valence-electron chi connectivity index (χ1n) is 26.7. The number of esters is 2. The largest absolute Gasteiger partial charge is 0.472 e. The van der Waals surface area contributed by atoms with Crippen LogP contribution in [-0.2, 0) is 32.7 Å². The summed E-state index contributed by atoms with van der Waals surface area (Å²) in [6.07, 6.45) is 44.0. The van der Waals surface area contributed by atoms with E-state index in [0.29, 0.717) is 19.3 Å². The second kappa shape index (κ2) is 44.0. The number of phosphoric ester groups is 1. The molecule has 13 nitrogen and oxygen atoms in total. The number of aliphatic hydroxyl groups is 5.